The maximum absolute atomic E-state index is 5.54. The Kier molecular flexibility index (Phi) is 4.84. The van der Waals surface area contributed by atoms with Gasteiger partial charge >= 0.3 is 0 Å². The van der Waals surface area contributed by atoms with Crippen LogP contribution in [0.15, 0.2) is 36.5 Å². The van der Waals surface area contributed by atoms with Crippen molar-refractivity contribution >= 4 is 10.9 Å². The van der Waals surface area contributed by atoms with Crippen LogP contribution in [0.2, 0.25) is 0 Å². The van der Waals surface area contributed by atoms with Gasteiger partial charge in [-0.25, -0.2) is 0 Å². The lowest BCUT2D eigenvalue weighted by molar-refractivity contribution is 0.0538. The number of nitrogens with one attached hydrogen (secondary N) is 1. The predicted octanol–water partition coefficient (Wildman–Crippen LogP) is 3.70. The van der Waals surface area contributed by atoms with E-state index >= 15 is 0 Å². The molecule has 2 heterocycles. The summed E-state index contributed by atoms with van der Waals surface area (Å²) in [5, 5.41) is 5.04. The first-order valence-electron chi connectivity index (χ1n) is 8.05. The molecule has 112 valence electrons. The molecule has 3 nitrogen and oxygen atoms in total. The second-order valence-electron chi connectivity index (χ2n) is 5.80. The van der Waals surface area contributed by atoms with Gasteiger partial charge in [0.1, 0.15) is 0 Å². The van der Waals surface area contributed by atoms with Crippen LogP contribution >= 0.6 is 0 Å². The number of pyridine rings is 1. The van der Waals surface area contributed by atoms with E-state index in [1.54, 1.807) is 0 Å². The molecule has 1 fully saturated rings. The molecular formula is C18H24N2O. The predicted molar refractivity (Wildman–Crippen MR) is 86.3 cm³/mol. The van der Waals surface area contributed by atoms with Crippen molar-refractivity contribution in [3.8, 4) is 0 Å². The monoisotopic (exact) mass is 284 g/mol. The molecule has 3 rings (SSSR count). The number of benzene rings is 1. The largest absolute Gasteiger partial charge is 0.381 e. The Balaban J connectivity index is 1.96. The van der Waals surface area contributed by atoms with Crippen molar-refractivity contribution in [3.63, 3.8) is 0 Å². The number of hydrogen-bond donors (Lipinski definition) is 1. The number of rotatable bonds is 5. The van der Waals surface area contributed by atoms with Gasteiger partial charge in [0, 0.05) is 30.8 Å². The van der Waals surface area contributed by atoms with Crippen molar-refractivity contribution in [3.05, 3.63) is 42.1 Å². The summed E-state index contributed by atoms with van der Waals surface area (Å²) in [7, 11) is 0. The van der Waals surface area contributed by atoms with Crippen molar-refractivity contribution < 1.29 is 4.74 Å². The summed E-state index contributed by atoms with van der Waals surface area (Å²) < 4.78 is 5.54. The second-order valence-corrected chi connectivity index (χ2v) is 5.80. The maximum atomic E-state index is 5.54. The van der Waals surface area contributed by atoms with Gasteiger partial charge in [-0.15, -0.1) is 0 Å². The van der Waals surface area contributed by atoms with Crippen molar-refractivity contribution in [1.29, 1.82) is 0 Å². The van der Waals surface area contributed by atoms with Crippen LogP contribution < -0.4 is 5.32 Å². The lowest BCUT2D eigenvalue weighted by atomic mass is 9.85. The third kappa shape index (κ3) is 3.25. The summed E-state index contributed by atoms with van der Waals surface area (Å²) in [6.45, 7) is 5.05. The molecule has 1 unspecified atom stereocenters. The Hall–Kier alpha value is -1.45. The smallest absolute Gasteiger partial charge is 0.0705 e. The Bertz CT molecular complexity index is 573. The fourth-order valence-electron chi connectivity index (χ4n) is 3.27. The Morgan fingerprint density at radius 2 is 2.05 bits per heavy atom. The molecule has 0 saturated carbocycles. The molecule has 0 bridgehead atoms. The standard InChI is InChI=1S/C18H24N2O/c1-2-10-20-18(14-8-12-21-13-9-14)16-7-11-19-17-6-4-3-5-15(16)17/h3-7,11,14,18,20H,2,8-10,12-13H2,1H3. The highest BCUT2D eigenvalue weighted by atomic mass is 16.5. The van der Waals surface area contributed by atoms with Gasteiger partial charge < -0.3 is 10.1 Å². The zero-order valence-electron chi connectivity index (χ0n) is 12.7. The van der Waals surface area contributed by atoms with Crippen molar-refractivity contribution in [2.75, 3.05) is 19.8 Å². The van der Waals surface area contributed by atoms with Gasteiger partial charge in [0.15, 0.2) is 0 Å². The molecule has 1 aromatic carbocycles. The van der Waals surface area contributed by atoms with Gasteiger partial charge in [-0.05, 0) is 49.4 Å². The molecule has 0 spiro atoms. The van der Waals surface area contributed by atoms with E-state index in [2.05, 4.69) is 47.6 Å². The Labute approximate surface area is 126 Å². The molecule has 1 aliphatic rings. The molecule has 3 heteroatoms. The van der Waals surface area contributed by atoms with E-state index in [9.17, 15) is 0 Å². The summed E-state index contributed by atoms with van der Waals surface area (Å²) >= 11 is 0. The minimum atomic E-state index is 0.404. The lowest BCUT2D eigenvalue weighted by Crippen LogP contribution is -2.32. The molecule has 21 heavy (non-hydrogen) atoms. The highest BCUT2D eigenvalue weighted by Crippen LogP contribution is 2.33. The van der Waals surface area contributed by atoms with Crippen LogP contribution in [0, 0.1) is 5.92 Å². The summed E-state index contributed by atoms with van der Waals surface area (Å²) in [5.41, 5.74) is 2.48. The number of hydrogen-bond acceptors (Lipinski definition) is 3. The summed E-state index contributed by atoms with van der Waals surface area (Å²) in [4.78, 5) is 4.50. The number of fused-ring (bicyclic) bond motifs is 1. The van der Waals surface area contributed by atoms with Crippen LogP contribution in [0.5, 0.6) is 0 Å². The number of aromatic nitrogens is 1. The molecule has 1 atom stereocenters. The zero-order valence-corrected chi connectivity index (χ0v) is 12.7. The van der Waals surface area contributed by atoms with E-state index in [-0.39, 0.29) is 0 Å². The summed E-state index contributed by atoms with van der Waals surface area (Å²) in [6.07, 6.45) is 5.37. The van der Waals surface area contributed by atoms with Gasteiger partial charge in [0.05, 0.1) is 5.52 Å². The Morgan fingerprint density at radius 3 is 2.86 bits per heavy atom. The molecule has 2 aromatic rings. The fraction of sp³-hybridized carbons (Fsp3) is 0.500. The maximum Gasteiger partial charge on any atom is 0.0705 e. The van der Waals surface area contributed by atoms with Crippen LogP contribution in [0.25, 0.3) is 10.9 Å². The lowest BCUT2D eigenvalue weighted by Gasteiger charge is -2.32. The molecule has 1 N–H and O–H groups in total. The molecule has 1 aromatic heterocycles. The number of nitrogens with zero attached hydrogens (tertiary/aromatic N) is 1. The average molecular weight is 284 g/mol. The summed E-state index contributed by atoms with van der Waals surface area (Å²) in [6, 6.07) is 11.0. The number of ether oxygens (including phenoxy) is 1. The van der Waals surface area contributed by atoms with Crippen LogP contribution in [0.4, 0.5) is 0 Å². The molecule has 1 saturated heterocycles. The van der Waals surface area contributed by atoms with E-state index in [0.29, 0.717) is 12.0 Å². The van der Waals surface area contributed by atoms with E-state index in [4.69, 9.17) is 4.74 Å². The second kappa shape index (κ2) is 7.01. The van der Waals surface area contributed by atoms with Crippen LogP contribution in [0.3, 0.4) is 0 Å². The molecule has 0 aliphatic carbocycles. The normalized spacial score (nSPS) is 18.0. The van der Waals surface area contributed by atoms with Crippen LogP contribution in [-0.2, 0) is 4.74 Å². The van der Waals surface area contributed by atoms with Gasteiger partial charge in [-0.1, -0.05) is 25.1 Å². The van der Waals surface area contributed by atoms with E-state index in [0.717, 1.165) is 44.5 Å². The first kappa shape index (κ1) is 14.5. The third-order valence-electron chi connectivity index (χ3n) is 4.37. The van der Waals surface area contributed by atoms with Crippen molar-refractivity contribution in [2.45, 2.75) is 32.2 Å². The summed E-state index contributed by atoms with van der Waals surface area (Å²) in [5.74, 6) is 0.649. The van der Waals surface area contributed by atoms with E-state index in [1.165, 1.54) is 10.9 Å². The molecular weight excluding hydrogens is 260 g/mol. The van der Waals surface area contributed by atoms with Gasteiger partial charge in [-0.3, -0.25) is 4.98 Å². The SMILES string of the molecule is CCCNC(c1ccnc2ccccc12)C1CCOCC1. The molecule has 1 aliphatic heterocycles. The third-order valence-corrected chi connectivity index (χ3v) is 4.37. The van der Waals surface area contributed by atoms with E-state index in [1.807, 2.05) is 6.20 Å². The first-order chi connectivity index (χ1) is 10.4. The molecule has 0 radical (unpaired) electrons. The van der Waals surface area contributed by atoms with Crippen LogP contribution in [0.1, 0.15) is 37.8 Å². The van der Waals surface area contributed by atoms with Crippen molar-refractivity contribution in [2.24, 2.45) is 5.92 Å². The minimum absolute atomic E-state index is 0.404. The zero-order chi connectivity index (χ0) is 14.5. The highest BCUT2D eigenvalue weighted by Gasteiger charge is 2.26. The molecule has 0 amide bonds. The minimum Gasteiger partial charge on any atom is -0.381 e. The van der Waals surface area contributed by atoms with E-state index < -0.39 is 0 Å². The van der Waals surface area contributed by atoms with Gasteiger partial charge in [0.2, 0.25) is 0 Å². The number of para-hydroxylation sites is 1. The van der Waals surface area contributed by atoms with Gasteiger partial charge in [0.25, 0.3) is 0 Å². The topological polar surface area (TPSA) is 34.2 Å². The fourth-order valence-corrected chi connectivity index (χ4v) is 3.27. The van der Waals surface area contributed by atoms with Gasteiger partial charge in [-0.2, -0.15) is 0 Å². The first-order valence-corrected chi connectivity index (χ1v) is 8.05. The highest BCUT2D eigenvalue weighted by molar-refractivity contribution is 5.82. The van der Waals surface area contributed by atoms with Crippen molar-refractivity contribution in [1.82, 2.24) is 10.3 Å². The van der Waals surface area contributed by atoms with Crippen LogP contribution in [-0.4, -0.2) is 24.7 Å². The quantitative estimate of drug-likeness (QED) is 0.909. The Morgan fingerprint density at radius 1 is 1.24 bits per heavy atom. The average Bonchev–Trinajstić information content (AvgIpc) is 2.56.